The molecule has 0 aromatic heterocycles. The molecule has 0 radical (unpaired) electrons. The molecule has 0 spiro atoms. The summed E-state index contributed by atoms with van der Waals surface area (Å²) in [5.41, 5.74) is 0. The lowest BCUT2D eigenvalue weighted by molar-refractivity contribution is 0.0503. The molecule has 1 aliphatic heterocycles. The molecule has 78 valence electrons. The molecule has 1 heterocycles. The van der Waals surface area contributed by atoms with Crippen molar-refractivity contribution in [1.82, 2.24) is 4.90 Å². The molecule has 2 heteroatoms. The first-order chi connectivity index (χ1) is 6.31. The number of likely N-dealkylation sites (N-methyl/N-ethyl adjacent to an activating group) is 1. The summed E-state index contributed by atoms with van der Waals surface area (Å²) in [5, 5.41) is 0. The van der Waals surface area contributed by atoms with Gasteiger partial charge in [-0.15, -0.1) is 12.8 Å². The van der Waals surface area contributed by atoms with Crippen LogP contribution in [0, 0.1) is 36.5 Å². The highest BCUT2D eigenvalue weighted by Crippen LogP contribution is 1.89. The quantitative estimate of drug-likeness (QED) is 0.534. The number of hydrogen-bond acceptors (Lipinski definition) is 2. The van der Waals surface area contributed by atoms with E-state index in [4.69, 9.17) is 17.6 Å². The summed E-state index contributed by atoms with van der Waals surface area (Å²) in [5.74, 6) is 8.61. The molecule has 14 heavy (non-hydrogen) atoms. The highest BCUT2D eigenvalue weighted by atomic mass is 16.5. The summed E-state index contributed by atoms with van der Waals surface area (Å²) < 4.78 is 5.10. The van der Waals surface area contributed by atoms with Gasteiger partial charge in [0.05, 0.1) is 13.2 Å². The minimum atomic E-state index is 0. The van der Waals surface area contributed by atoms with E-state index in [1.54, 1.807) is 0 Å². The molecule has 1 fully saturated rings. The number of morpholine rings is 1. The van der Waals surface area contributed by atoms with Gasteiger partial charge in [0, 0.05) is 14.5 Å². The Kier molecular flexibility index (Phi) is 12.5. The molecule has 0 N–H and O–H groups in total. The first-order valence-corrected chi connectivity index (χ1v) is 3.98. The summed E-state index contributed by atoms with van der Waals surface area (Å²) in [6.07, 6.45) is 9.39. The third-order valence-corrected chi connectivity index (χ3v) is 1.44. The van der Waals surface area contributed by atoms with Crippen LogP contribution < -0.4 is 0 Å². The van der Waals surface area contributed by atoms with Gasteiger partial charge in [-0.2, -0.15) is 0 Å². The number of rotatable bonds is 0. The minimum Gasteiger partial charge on any atom is -0.379 e. The zero-order chi connectivity index (χ0) is 9.94. The molecule has 0 unspecified atom stereocenters. The van der Waals surface area contributed by atoms with Crippen LogP contribution in [0.5, 0.6) is 0 Å². The maximum Gasteiger partial charge on any atom is 0.0594 e. The molecule has 0 amide bonds. The van der Waals surface area contributed by atoms with E-state index < -0.39 is 0 Å². The van der Waals surface area contributed by atoms with Crippen LogP contribution in [0.2, 0.25) is 0 Å². The second-order valence-electron chi connectivity index (χ2n) is 2.45. The number of terminal acetylenes is 2. The van der Waals surface area contributed by atoms with Crippen LogP contribution >= 0.6 is 0 Å². The lowest BCUT2D eigenvalue weighted by atomic mass is 10.5. The summed E-state index contributed by atoms with van der Waals surface area (Å²) in [6, 6.07) is 0. The second kappa shape index (κ2) is 11.6. The molecule has 1 aliphatic rings. The van der Waals surface area contributed by atoms with Crippen LogP contribution in [0.1, 0.15) is 8.85 Å². The fourth-order valence-corrected chi connectivity index (χ4v) is 0.727. The van der Waals surface area contributed by atoms with Crippen molar-refractivity contribution in [2.45, 2.75) is 7.43 Å². The van der Waals surface area contributed by atoms with E-state index >= 15 is 0 Å². The number of ether oxygens (including phenoxy) is 1. The van der Waals surface area contributed by atoms with Crippen LogP contribution in [0.3, 0.4) is 0 Å². The van der Waals surface area contributed by atoms with Crippen molar-refractivity contribution in [2.24, 2.45) is 0 Å². The third-order valence-electron chi connectivity index (χ3n) is 1.44. The Morgan fingerprint density at radius 3 is 1.79 bits per heavy atom. The normalized spacial score (nSPS) is 13.9. The van der Waals surface area contributed by atoms with Gasteiger partial charge in [0.25, 0.3) is 0 Å². The van der Waals surface area contributed by atoms with Gasteiger partial charge < -0.3 is 9.64 Å². The summed E-state index contributed by atoms with van der Waals surface area (Å²) in [4.78, 5) is 2.27. The molecule has 1 saturated heterocycles. The number of nitrogens with zero attached hydrogens (tertiary/aromatic N) is 1. The van der Waals surface area contributed by atoms with E-state index in [1.165, 1.54) is 0 Å². The van der Waals surface area contributed by atoms with Gasteiger partial charge in [-0.25, -0.2) is 0 Å². The van der Waals surface area contributed by atoms with E-state index in [-0.39, 0.29) is 8.85 Å². The highest BCUT2D eigenvalue weighted by Gasteiger charge is 2.02. The average molecular weight is 193 g/mol. The van der Waals surface area contributed by atoms with E-state index in [0.717, 1.165) is 26.3 Å². The van der Waals surface area contributed by atoms with Crippen molar-refractivity contribution in [3.8, 4) is 36.5 Å². The molecule has 0 atom stereocenters. The summed E-state index contributed by atoms with van der Waals surface area (Å²) >= 11 is 0. The second-order valence-corrected chi connectivity index (χ2v) is 2.45. The topological polar surface area (TPSA) is 12.5 Å². The fourth-order valence-electron chi connectivity index (χ4n) is 0.727. The Hall–Kier alpha value is -1.40. The Bertz CT molecular complexity index is 240. The van der Waals surface area contributed by atoms with Crippen LogP contribution in [-0.2, 0) is 4.74 Å². The SMILES string of the molecule is C.C#CC#CC#C.CN1CCOCC1.[HH]. The van der Waals surface area contributed by atoms with Crippen molar-refractivity contribution >= 4 is 0 Å². The van der Waals surface area contributed by atoms with Crippen LogP contribution in [0.4, 0.5) is 0 Å². The molecule has 0 aromatic carbocycles. The van der Waals surface area contributed by atoms with Crippen molar-refractivity contribution < 1.29 is 6.16 Å². The smallest absolute Gasteiger partial charge is 0.0594 e. The van der Waals surface area contributed by atoms with Crippen molar-refractivity contribution in [2.75, 3.05) is 33.4 Å². The zero-order valence-electron chi connectivity index (χ0n) is 7.84. The maximum absolute atomic E-state index is 5.10. The first kappa shape index (κ1) is 15.1. The van der Waals surface area contributed by atoms with Gasteiger partial charge >= 0.3 is 0 Å². The summed E-state index contributed by atoms with van der Waals surface area (Å²) in [6.45, 7) is 4.02. The monoisotopic (exact) mass is 193 g/mol. The molecule has 0 bridgehead atoms. The van der Waals surface area contributed by atoms with Crippen LogP contribution in [0.25, 0.3) is 0 Å². The Morgan fingerprint density at radius 2 is 1.57 bits per heavy atom. The van der Waals surface area contributed by atoms with E-state index in [0.29, 0.717) is 0 Å². The fraction of sp³-hybridized carbons (Fsp3) is 0.500. The lowest BCUT2D eigenvalue weighted by Gasteiger charge is -2.21. The van der Waals surface area contributed by atoms with Crippen molar-refractivity contribution in [1.29, 1.82) is 0 Å². The largest absolute Gasteiger partial charge is 0.379 e. The van der Waals surface area contributed by atoms with Gasteiger partial charge in [-0.1, -0.05) is 7.43 Å². The van der Waals surface area contributed by atoms with Gasteiger partial charge in [0.15, 0.2) is 0 Å². The van der Waals surface area contributed by atoms with Crippen LogP contribution in [-0.4, -0.2) is 38.3 Å². The highest BCUT2D eigenvalue weighted by molar-refractivity contribution is 5.31. The predicted molar refractivity (Wildman–Crippen MR) is 62.6 cm³/mol. The van der Waals surface area contributed by atoms with Gasteiger partial charge in [0.1, 0.15) is 0 Å². The minimum absolute atomic E-state index is 0. The van der Waals surface area contributed by atoms with Crippen molar-refractivity contribution in [3.05, 3.63) is 0 Å². The maximum atomic E-state index is 5.10. The Labute approximate surface area is 89.1 Å². The van der Waals surface area contributed by atoms with Gasteiger partial charge in [-0.05, 0) is 30.7 Å². The predicted octanol–water partition coefficient (Wildman–Crippen LogP) is 1.09. The van der Waals surface area contributed by atoms with E-state index in [2.05, 4.69) is 35.6 Å². The standard InChI is InChI=1S/C6H2.C5H11NO.CH4.H2/c1-3-5-6-4-2;1-6-2-4-7-5-3-6;;/h1-2H;2-5H2,1H3;1H4;1H. The summed E-state index contributed by atoms with van der Waals surface area (Å²) in [7, 11) is 2.11. The average Bonchev–Trinajstić information content (AvgIpc) is 2.17. The van der Waals surface area contributed by atoms with E-state index in [9.17, 15) is 0 Å². The van der Waals surface area contributed by atoms with E-state index in [1.807, 2.05) is 0 Å². The zero-order valence-corrected chi connectivity index (χ0v) is 7.84. The third kappa shape index (κ3) is 10.6. The number of hydrogen-bond donors (Lipinski definition) is 0. The molecular formula is C12H19NO. The van der Waals surface area contributed by atoms with Crippen LogP contribution in [0.15, 0.2) is 0 Å². The molecule has 0 saturated carbocycles. The lowest BCUT2D eigenvalue weighted by Crippen LogP contribution is -2.32. The first-order valence-electron chi connectivity index (χ1n) is 3.98. The molecule has 0 aliphatic carbocycles. The Balaban J connectivity index is -0.000000172. The molecule has 1 rings (SSSR count). The molecule has 2 nitrogen and oxygen atoms in total. The molecule has 0 aromatic rings. The Morgan fingerprint density at radius 1 is 1.14 bits per heavy atom. The molecular weight excluding hydrogens is 174 g/mol. The van der Waals surface area contributed by atoms with Crippen molar-refractivity contribution in [3.63, 3.8) is 0 Å². The van der Waals surface area contributed by atoms with Gasteiger partial charge in [-0.3, -0.25) is 0 Å². The van der Waals surface area contributed by atoms with Gasteiger partial charge in [0.2, 0.25) is 0 Å².